The summed E-state index contributed by atoms with van der Waals surface area (Å²) in [5.74, 6) is 0.0492. The molecule has 2 aliphatic heterocycles. The summed E-state index contributed by atoms with van der Waals surface area (Å²) in [7, 11) is 1.67. The lowest BCUT2D eigenvalue weighted by atomic mass is 9.79. The van der Waals surface area contributed by atoms with Crippen LogP contribution in [0.3, 0.4) is 0 Å². The Bertz CT molecular complexity index is 828. The normalized spacial score (nSPS) is 24.5. The van der Waals surface area contributed by atoms with Gasteiger partial charge in [0.05, 0.1) is 5.41 Å². The molecule has 28 heavy (non-hydrogen) atoms. The van der Waals surface area contributed by atoms with Crippen LogP contribution in [0.4, 0.5) is 0 Å². The lowest BCUT2D eigenvalue weighted by molar-refractivity contribution is -0.140. The highest BCUT2D eigenvalue weighted by atomic mass is 32.1. The molecule has 2 amide bonds. The van der Waals surface area contributed by atoms with Crippen molar-refractivity contribution in [2.24, 2.45) is 5.41 Å². The van der Waals surface area contributed by atoms with E-state index in [0.29, 0.717) is 32.5 Å². The van der Waals surface area contributed by atoms with Crippen molar-refractivity contribution in [1.82, 2.24) is 10.2 Å². The number of hydrogen-bond donors (Lipinski definition) is 1. The van der Waals surface area contributed by atoms with Crippen molar-refractivity contribution in [3.05, 3.63) is 46.7 Å². The van der Waals surface area contributed by atoms with Gasteiger partial charge in [0.1, 0.15) is 6.10 Å². The zero-order chi connectivity index (χ0) is 19.6. The fourth-order valence-corrected chi connectivity index (χ4v) is 5.01. The van der Waals surface area contributed by atoms with Gasteiger partial charge in [0, 0.05) is 26.7 Å². The summed E-state index contributed by atoms with van der Waals surface area (Å²) < 4.78 is 5.56. The first-order valence-electron chi connectivity index (χ1n) is 9.85. The highest BCUT2D eigenvalue weighted by molar-refractivity contribution is 7.08. The Balaban J connectivity index is 1.50. The molecule has 2 aliphatic rings. The highest BCUT2D eigenvalue weighted by Gasteiger charge is 2.46. The van der Waals surface area contributed by atoms with Gasteiger partial charge in [0.25, 0.3) is 5.91 Å². The molecular formula is C22H26N2O3S. The fraction of sp³-hybridized carbons (Fsp3) is 0.455. The standard InChI is InChI=1S/C22H26N2O3S/c1-23-21(26)22(9-10-24(15-22)20(25)19-3-2-11-27-19)13-16-4-6-17(7-5-16)18-8-12-28-14-18/h4-8,12,14,19H,2-3,9-11,13,15H2,1H3,(H,23,26)/t19-,22-/m0/s1. The molecule has 0 bridgehead atoms. The van der Waals surface area contributed by atoms with Gasteiger partial charge in [-0.05, 0) is 59.2 Å². The molecule has 1 aromatic carbocycles. The van der Waals surface area contributed by atoms with Gasteiger partial charge in [-0.2, -0.15) is 11.3 Å². The number of ether oxygens (including phenoxy) is 1. The third-order valence-corrected chi connectivity index (χ3v) is 6.61. The second-order valence-electron chi connectivity index (χ2n) is 7.76. The van der Waals surface area contributed by atoms with Gasteiger partial charge in [-0.1, -0.05) is 24.3 Å². The van der Waals surface area contributed by atoms with Gasteiger partial charge >= 0.3 is 0 Å². The average Bonchev–Trinajstić information content (AvgIpc) is 3.49. The fourth-order valence-electron chi connectivity index (χ4n) is 4.35. The Morgan fingerprint density at radius 3 is 2.71 bits per heavy atom. The summed E-state index contributed by atoms with van der Waals surface area (Å²) >= 11 is 1.68. The van der Waals surface area contributed by atoms with Crippen LogP contribution in [0.5, 0.6) is 0 Å². The summed E-state index contributed by atoms with van der Waals surface area (Å²) in [4.78, 5) is 27.4. The van der Waals surface area contributed by atoms with E-state index in [1.54, 1.807) is 18.4 Å². The summed E-state index contributed by atoms with van der Waals surface area (Å²) in [5.41, 5.74) is 2.94. The maximum Gasteiger partial charge on any atom is 0.251 e. The molecule has 2 atom stereocenters. The van der Waals surface area contributed by atoms with E-state index in [-0.39, 0.29) is 17.9 Å². The van der Waals surface area contributed by atoms with Crippen LogP contribution in [0.25, 0.3) is 11.1 Å². The summed E-state index contributed by atoms with van der Waals surface area (Å²) in [6.45, 7) is 1.72. The van der Waals surface area contributed by atoms with E-state index in [9.17, 15) is 9.59 Å². The highest BCUT2D eigenvalue weighted by Crippen LogP contribution is 2.36. The zero-order valence-electron chi connectivity index (χ0n) is 16.1. The molecule has 2 fully saturated rings. The molecule has 1 aromatic heterocycles. The number of nitrogens with zero attached hydrogens (tertiary/aromatic N) is 1. The Labute approximate surface area is 169 Å². The van der Waals surface area contributed by atoms with Crippen LogP contribution < -0.4 is 5.32 Å². The van der Waals surface area contributed by atoms with E-state index in [1.807, 2.05) is 4.90 Å². The number of thiophene rings is 1. The molecule has 0 aliphatic carbocycles. The van der Waals surface area contributed by atoms with Crippen LogP contribution in [0, 0.1) is 5.41 Å². The van der Waals surface area contributed by atoms with E-state index in [4.69, 9.17) is 4.74 Å². The average molecular weight is 399 g/mol. The second kappa shape index (κ2) is 8.05. The molecule has 1 N–H and O–H groups in total. The Morgan fingerprint density at radius 2 is 2.07 bits per heavy atom. The van der Waals surface area contributed by atoms with Gasteiger partial charge < -0.3 is 15.0 Å². The molecule has 0 unspecified atom stereocenters. The monoisotopic (exact) mass is 398 g/mol. The van der Waals surface area contributed by atoms with Crippen molar-refractivity contribution >= 4 is 23.2 Å². The quantitative estimate of drug-likeness (QED) is 0.842. The number of benzene rings is 1. The van der Waals surface area contributed by atoms with Crippen molar-refractivity contribution in [2.45, 2.75) is 31.8 Å². The van der Waals surface area contributed by atoms with Crippen LogP contribution in [0.15, 0.2) is 41.1 Å². The van der Waals surface area contributed by atoms with Crippen LogP contribution in [-0.4, -0.2) is 49.6 Å². The number of likely N-dealkylation sites (tertiary alicyclic amines) is 1. The summed E-state index contributed by atoms with van der Waals surface area (Å²) in [6, 6.07) is 10.5. The lowest BCUT2D eigenvalue weighted by Crippen LogP contribution is -2.45. The van der Waals surface area contributed by atoms with E-state index < -0.39 is 5.41 Å². The smallest absolute Gasteiger partial charge is 0.251 e. The first kappa shape index (κ1) is 19.2. The van der Waals surface area contributed by atoms with E-state index >= 15 is 0 Å². The maximum absolute atomic E-state index is 12.8. The Kier molecular flexibility index (Phi) is 5.51. The zero-order valence-corrected chi connectivity index (χ0v) is 17.0. The van der Waals surface area contributed by atoms with Gasteiger partial charge in [-0.3, -0.25) is 9.59 Å². The molecule has 4 rings (SSSR count). The number of amides is 2. The van der Waals surface area contributed by atoms with Crippen LogP contribution >= 0.6 is 11.3 Å². The first-order chi connectivity index (χ1) is 13.6. The maximum atomic E-state index is 12.8. The lowest BCUT2D eigenvalue weighted by Gasteiger charge is -2.28. The molecule has 3 heterocycles. The van der Waals surface area contributed by atoms with Crippen LogP contribution in [-0.2, 0) is 20.7 Å². The van der Waals surface area contributed by atoms with E-state index in [2.05, 4.69) is 46.4 Å². The van der Waals surface area contributed by atoms with E-state index in [0.717, 1.165) is 18.4 Å². The Hall–Kier alpha value is -2.18. The molecule has 6 heteroatoms. The summed E-state index contributed by atoms with van der Waals surface area (Å²) in [6.07, 6.45) is 2.70. The predicted molar refractivity (Wildman–Crippen MR) is 110 cm³/mol. The van der Waals surface area contributed by atoms with Crippen molar-refractivity contribution < 1.29 is 14.3 Å². The third kappa shape index (κ3) is 3.71. The van der Waals surface area contributed by atoms with E-state index in [1.165, 1.54) is 11.1 Å². The minimum Gasteiger partial charge on any atom is -0.368 e. The molecule has 0 radical (unpaired) electrons. The number of nitrogens with one attached hydrogen (secondary N) is 1. The third-order valence-electron chi connectivity index (χ3n) is 5.93. The topological polar surface area (TPSA) is 58.6 Å². The minimum atomic E-state index is -0.576. The second-order valence-corrected chi connectivity index (χ2v) is 8.54. The molecule has 148 valence electrons. The molecule has 2 saturated heterocycles. The largest absolute Gasteiger partial charge is 0.368 e. The molecule has 0 saturated carbocycles. The van der Waals surface area contributed by atoms with Gasteiger partial charge in [0.2, 0.25) is 5.91 Å². The van der Waals surface area contributed by atoms with Gasteiger partial charge in [0.15, 0.2) is 0 Å². The number of hydrogen-bond acceptors (Lipinski definition) is 4. The van der Waals surface area contributed by atoms with Crippen molar-refractivity contribution in [2.75, 3.05) is 26.7 Å². The number of rotatable bonds is 5. The Morgan fingerprint density at radius 1 is 1.25 bits per heavy atom. The SMILES string of the molecule is CNC(=O)[C@]1(Cc2ccc(-c3ccsc3)cc2)CCN(C(=O)[C@@H]2CCCO2)C1. The molecule has 2 aromatic rings. The summed E-state index contributed by atoms with van der Waals surface area (Å²) in [5, 5.41) is 7.03. The number of carbonyl (C=O) groups is 2. The van der Waals surface area contributed by atoms with Crippen molar-refractivity contribution in [3.8, 4) is 11.1 Å². The number of carbonyl (C=O) groups excluding carboxylic acids is 2. The van der Waals surface area contributed by atoms with Gasteiger partial charge in [-0.15, -0.1) is 0 Å². The van der Waals surface area contributed by atoms with Crippen molar-refractivity contribution in [3.63, 3.8) is 0 Å². The van der Waals surface area contributed by atoms with Crippen LogP contribution in [0.1, 0.15) is 24.8 Å². The minimum absolute atomic E-state index is 0.0112. The predicted octanol–water partition coefficient (Wildman–Crippen LogP) is 3.10. The molecule has 0 spiro atoms. The first-order valence-corrected chi connectivity index (χ1v) is 10.8. The van der Waals surface area contributed by atoms with Crippen LogP contribution in [0.2, 0.25) is 0 Å². The molecular weight excluding hydrogens is 372 g/mol. The van der Waals surface area contributed by atoms with Gasteiger partial charge in [-0.25, -0.2) is 0 Å². The molecule has 5 nitrogen and oxygen atoms in total. The van der Waals surface area contributed by atoms with Crippen molar-refractivity contribution in [1.29, 1.82) is 0 Å².